The molecule has 3 rings (SSSR count). The normalized spacial score (nSPS) is 18.1. The van der Waals surface area contributed by atoms with Crippen molar-refractivity contribution in [3.63, 3.8) is 0 Å². The molecule has 9 nitrogen and oxygen atoms in total. The van der Waals surface area contributed by atoms with Gasteiger partial charge in [-0.2, -0.15) is 4.31 Å². The van der Waals surface area contributed by atoms with E-state index in [-0.39, 0.29) is 42.7 Å². The number of amides is 1. The van der Waals surface area contributed by atoms with Crippen LogP contribution in [-0.2, 0) is 24.3 Å². The predicted octanol–water partition coefficient (Wildman–Crippen LogP) is 0.425. The van der Waals surface area contributed by atoms with Gasteiger partial charge in [0.2, 0.25) is 15.8 Å². The highest BCUT2D eigenvalue weighted by Crippen LogP contribution is 2.31. The van der Waals surface area contributed by atoms with E-state index in [1.54, 1.807) is 11.0 Å². The van der Waals surface area contributed by atoms with Crippen molar-refractivity contribution in [3.05, 3.63) is 30.2 Å². The summed E-state index contributed by atoms with van der Waals surface area (Å²) in [6.45, 7) is 1.66. The van der Waals surface area contributed by atoms with Crippen LogP contribution in [0.15, 0.2) is 35.1 Å². The molecule has 2 aliphatic rings. The number of rotatable bonds is 5. The number of hydrogen-bond acceptors (Lipinski definition) is 7. The number of nitrogens with zero attached hydrogens (tertiary/aromatic N) is 2. The van der Waals surface area contributed by atoms with Crippen molar-refractivity contribution < 1.29 is 32.2 Å². The second kappa shape index (κ2) is 8.05. The van der Waals surface area contributed by atoms with Crippen LogP contribution in [-0.4, -0.2) is 77.1 Å². The number of benzene rings is 1. The van der Waals surface area contributed by atoms with E-state index in [0.717, 1.165) is 0 Å². The number of piperazine rings is 1. The first-order chi connectivity index (χ1) is 13.0. The molecule has 0 N–H and O–H groups in total. The van der Waals surface area contributed by atoms with Crippen LogP contribution >= 0.6 is 0 Å². The third-order valence-electron chi connectivity index (χ3n) is 4.38. The highest BCUT2D eigenvalue weighted by atomic mass is 32.2. The average molecular weight is 398 g/mol. The Morgan fingerprint density at radius 3 is 2.33 bits per heavy atom. The molecule has 0 atom stereocenters. The van der Waals surface area contributed by atoms with Crippen molar-refractivity contribution in [3.8, 4) is 11.5 Å². The fourth-order valence-corrected chi connectivity index (χ4v) is 4.33. The highest BCUT2D eigenvalue weighted by molar-refractivity contribution is 7.89. The second-order valence-electron chi connectivity index (χ2n) is 5.91. The summed E-state index contributed by atoms with van der Waals surface area (Å²) < 4.78 is 47.9. The number of ether oxygens (including phenoxy) is 4. The Balaban J connectivity index is 1.69. The van der Waals surface area contributed by atoms with Crippen molar-refractivity contribution in [1.29, 1.82) is 0 Å². The summed E-state index contributed by atoms with van der Waals surface area (Å²) in [4.78, 5) is 14.1. The minimum absolute atomic E-state index is 0.117. The van der Waals surface area contributed by atoms with E-state index in [2.05, 4.69) is 0 Å². The molecule has 2 aliphatic heterocycles. The smallest absolute Gasteiger partial charge is 0.292 e. The van der Waals surface area contributed by atoms with Crippen LogP contribution in [0, 0.1) is 0 Å². The number of methoxy groups -OCH3 is 2. The van der Waals surface area contributed by atoms with Gasteiger partial charge in [0.1, 0.15) is 19.5 Å². The van der Waals surface area contributed by atoms with Crippen LogP contribution in [0.1, 0.15) is 0 Å². The molecule has 1 aromatic rings. The van der Waals surface area contributed by atoms with Gasteiger partial charge in [-0.3, -0.25) is 4.79 Å². The molecule has 27 heavy (non-hydrogen) atoms. The molecule has 1 aromatic carbocycles. The zero-order chi connectivity index (χ0) is 19.4. The highest BCUT2D eigenvalue weighted by Gasteiger charge is 2.32. The topological polar surface area (TPSA) is 94.6 Å². The van der Waals surface area contributed by atoms with Gasteiger partial charge in [0.25, 0.3) is 5.91 Å². The van der Waals surface area contributed by atoms with Gasteiger partial charge in [0.05, 0.1) is 19.1 Å². The summed E-state index contributed by atoms with van der Waals surface area (Å²) in [7, 11) is -0.771. The third kappa shape index (κ3) is 3.96. The molecule has 0 unspecified atom stereocenters. The monoisotopic (exact) mass is 398 g/mol. The van der Waals surface area contributed by atoms with Crippen LogP contribution in [0.4, 0.5) is 0 Å². The average Bonchev–Trinajstić information content (AvgIpc) is 2.73. The maximum absolute atomic E-state index is 12.9. The van der Waals surface area contributed by atoms with Crippen LogP contribution in [0.25, 0.3) is 0 Å². The number of hydrogen-bond donors (Lipinski definition) is 0. The molecule has 1 fully saturated rings. The number of carbonyl (C=O) groups excluding carboxylic acids is 1. The zero-order valence-electron chi connectivity index (χ0n) is 15.2. The largest absolute Gasteiger partial charge is 0.494 e. The van der Waals surface area contributed by atoms with Gasteiger partial charge in [-0.05, 0) is 12.1 Å². The Morgan fingerprint density at radius 2 is 1.74 bits per heavy atom. The molecule has 0 bridgehead atoms. The second-order valence-corrected chi connectivity index (χ2v) is 7.85. The van der Waals surface area contributed by atoms with Crippen molar-refractivity contribution in [2.75, 3.05) is 53.6 Å². The third-order valence-corrected chi connectivity index (χ3v) is 6.27. The summed E-state index contributed by atoms with van der Waals surface area (Å²) in [5, 5.41) is 0. The lowest BCUT2D eigenvalue weighted by Crippen LogP contribution is -2.51. The standard InChI is InChI=1S/C17H22N2O7S/c1-23-14-4-3-13(11-15(14)24-2)27(21,22)19-7-5-18(6-8-19)17(20)16-12-25-9-10-26-16/h3-4,11-12H,5-10H2,1-2H3. The van der Waals surface area contributed by atoms with Gasteiger partial charge in [-0.15, -0.1) is 0 Å². The molecule has 0 spiro atoms. The molecule has 1 amide bonds. The maximum Gasteiger partial charge on any atom is 0.292 e. The van der Waals surface area contributed by atoms with Crippen molar-refractivity contribution in [2.45, 2.75) is 4.90 Å². The molecule has 10 heteroatoms. The maximum atomic E-state index is 12.9. The van der Waals surface area contributed by atoms with E-state index in [0.29, 0.717) is 24.7 Å². The minimum Gasteiger partial charge on any atom is -0.494 e. The molecular formula is C17H22N2O7S. The fraction of sp³-hybridized carbons (Fsp3) is 0.471. The summed E-state index contributed by atoms with van der Waals surface area (Å²) in [6.07, 6.45) is 1.30. The van der Waals surface area contributed by atoms with E-state index < -0.39 is 10.0 Å². The van der Waals surface area contributed by atoms with Crippen molar-refractivity contribution in [2.24, 2.45) is 0 Å². The van der Waals surface area contributed by atoms with Gasteiger partial charge < -0.3 is 23.8 Å². The van der Waals surface area contributed by atoms with Gasteiger partial charge in [0, 0.05) is 32.2 Å². The first-order valence-electron chi connectivity index (χ1n) is 8.43. The number of sulfonamides is 1. The van der Waals surface area contributed by atoms with E-state index in [1.807, 2.05) is 0 Å². The van der Waals surface area contributed by atoms with Crippen LogP contribution in [0.2, 0.25) is 0 Å². The molecule has 2 heterocycles. The van der Waals surface area contributed by atoms with E-state index in [1.165, 1.54) is 36.9 Å². The Kier molecular flexibility index (Phi) is 5.76. The fourth-order valence-electron chi connectivity index (χ4n) is 2.89. The molecular weight excluding hydrogens is 376 g/mol. The Labute approximate surface area is 158 Å². The first-order valence-corrected chi connectivity index (χ1v) is 9.87. The molecule has 0 aromatic heterocycles. The van der Waals surface area contributed by atoms with Gasteiger partial charge in [-0.1, -0.05) is 0 Å². The van der Waals surface area contributed by atoms with Crippen molar-refractivity contribution >= 4 is 15.9 Å². The Morgan fingerprint density at radius 1 is 1.04 bits per heavy atom. The quantitative estimate of drug-likeness (QED) is 0.710. The zero-order valence-corrected chi connectivity index (χ0v) is 16.0. The molecule has 148 valence electrons. The molecule has 0 radical (unpaired) electrons. The van der Waals surface area contributed by atoms with Crippen LogP contribution in [0.3, 0.4) is 0 Å². The van der Waals surface area contributed by atoms with E-state index >= 15 is 0 Å². The summed E-state index contributed by atoms with van der Waals surface area (Å²) in [5.74, 6) is 0.652. The Hall–Kier alpha value is -2.46. The SMILES string of the molecule is COc1ccc(S(=O)(=O)N2CCN(C(=O)C3=COCCO3)CC2)cc1OC. The summed E-state index contributed by atoms with van der Waals surface area (Å²) in [5.41, 5.74) is 0. The Bertz CT molecular complexity index is 830. The van der Waals surface area contributed by atoms with E-state index in [9.17, 15) is 13.2 Å². The van der Waals surface area contributed by atoms with Gasteiger partial charge in [0.15, 0.2) is 11.5 Å². The lowest BCUT2D eigenvalue weighted by molar-refractivity contribution is -0.133. The molecule has 1 saturated heterocycles. The summed E-state index contributed by atoms with van der Waals surface area (Å²) >= 11 is 0. The summed E-state index contributed by atoms with van der Waals surface area (Å²) in [6, 6.07) is 4.47. The predicted molar refractivity (Wildman–Crippen MR) is 94.9 cm³/mol. The lowest BCUT2D eigenvalue weighted by Gasteiger charge is -2.34. The number of carbonyl (C=O) groups is 1. The lowest BCUT2D eigenvalue weighted by atomic mass is 10.3. The first kappa shape index (κ1) is 19.3. The van der Waals surface area contributed by atoms with Gasteiger partial charge in [-0.25, -0.2) is 8.42 Å². The van der Waals surface area contributed by atoms with Crippen LogP contribution < -0.4 is 9.47 Å². The van der Waals surface area contributed by atoms with Gasteiger partial charge >= 0.3 is 0 Å². The minimum atomic E-state index is -3.70. The van der Waals surface area contributed by atoms with Crippen molar-refractivity contribution in [1.82, 2.24) is 9.21 Å². The molecule has 0 saturated carbocycles. The molecule has 0 aliphatic carbocycles. The van der Waals surface area contributed by atoms with E-state index in [4.69, 9.17) is 18.9 Å². The van der Waals surface area contributed by atoms with Crippen LogP contribution in [0.5, 0.6) is 11.5 Å².